The Morgan fingerprint density at radius 2 is 0.913 bits per heavy atom. The molecule has 3 saturated carbocycles. The molecule has 4 fully saturated rings. The molecule has 3 aliphatic carbocycles. The number of halogens is 11. The highest BCUT2D eigenvalue weighted by Crippen LogP contribution is 2.79. The molecule has 23 heavy (non-hydrogen) atoms. The topological polar surface area (TPSA) is 18.5 Å². The fourth-order valence-electron chi connectivity index (χ4n) is 3.34. The smallest absolute Gasteiger partial charge is 0.340 e. The Morgan fingerprint density at radius 1 is 0.565 bits per heavy atom. The molecule has 0 unspecified atom stereocenters. The van der Waals surface area contributed by atoms with Crippen LogP contribution in [0.3, 0.4) is 0 Å². The molecular formula is C10H5F11O2. The molecule has 0 amide bonds. The van der Waals surface area contributed by atoms with Crippen molar-refractivity contribution < 1.29 is 57.8 Å². The summed E-state index contributed by atoms with van der Waals surface area (Å²) in [7, 11) is 0. The van der Waals surface area contributed by atoms with E-state index in [9.17, 15) is 48.3 Å². The highest BCUT2D eigenvalue weighted by Gasteiger charge is 3.09. The number of rotatable bonds is 0. The third kappa shape index (κ3) is 1.21. The van der Waals surface area contributed by atoms with Crippen LogP contribution in [0.2, 0.25) is 0 Å². The predicted molar refractivity (Wildman–Crippen MR) is 46.7 cm³/mol. The van der Waals surface area contributed by atoms with Gasteiger partial charge < -0.3 is 9.47 Å². The van der Waals surface area contributed by atoms with Crippen molar-refractivity contribution in [3.05, 3.63) is 0 Å². The molecule has 1 saturated heterocycles. The minimum Gasteiger partial charge on any atom is -0.340 e. The van der Waals surface area contributed by atoms with Gasteiger partial charge in [-0.2, -0.15) is 43.9 Å². The lowest BCUT2D eigenvalue weighted by atomic mass is 9.54. The molecule has 4 aliphatic rings. The van der Waals surface area contributed by atoms with E-state index in [1.807, 2.05) is 0 Å². The fourth-order valence-corrected chi connectivity index (χ4v) is 3.34. The first-order valence-electron chi connectivity index (χ1n) is 5.93. The van der Waals surface area contributed by atoms with Crippen molar-refractivity contribution in [1.82, 2.24) is 0 Å². The van der Waals surface area contributed by atoms with E-state index in [1.54, 1.807) is 0 Å². The maximum atomic E-state index is 14.6. The molecule has 1 heterocycles. The van der Waals surface area contributed by atoms with Crippen molar-refractivity contribution in [3.8, 4) is 0 Å². The summed E-state index contributed by atoms with van der Waals surface area (Å²) < 4.78 is 159. The quantitative estimate of drug-likeness (QED) is 0.613. The summed E-state index contributed by atoms with van der Waals surface area (Å²) in [6.07, 6.45) is 0. The second-order valence-corrected chi connectivity index (χ2v) is 5.42. The van der Waals surface area contributed by atoms with Crippen LogP contribution in [-0.4, -0.2) is 54.3 Å². The Hall–Kier alpha value is -0.850. The van der Waals surface area contributed by atoms with Gasteiger partial charge in [0.05, 0.1) is 13.2 Å². The van der Waals surface area contributed by atoms with Crippen LogP contribution in [0.1, 0.15) is 0 Å². The van der Waals surface area contributed by atoms with Gasteiger partial charge in [0.2, 0.25) is 0 Å². The average Bonchev–Trinajstić information content (AvgIpc) is 2.84. The molecule has 134 valence electrons. The zero-order chi connectivity index (χ0) is 17.9. The van der Waals surface area contributed by atoms with E-state index in [1.165, 1.54) is 0 Å². The van der Waals surface area contributed by atoms with Crippen LogP contribution in [0, 0.1) is 5.92 Å². The molecule has 0 aromatic heterocycles. The zero-order valence-corrected chi connectivity index (χ0v) is 10.5. The Bertz CT molecular complexity index is 523. The van der Waals surface area contributed by atoms with Gasteiger partial charge in [-0.05, 0) is 0 Å². The highest BCUT2D eigenvalue weighted by molar-refractivity contribution is 5.37. The van der Waals surface area contributed by atoms with Gasteiger partial charge in [-0.3, -0.25) is 0 Å². The van der Waals surface area contributed by atoms with E-state index in [-0.39, 0.29) is 0 Å². The molecule has 4 rings (SSSR count). The zero-order valence-electron chi connectivity index (χ0n) is 10.5. The molecule has 0 N–H and O–H groups in total. The van der Waals surface area contributed by atoms with Gasteiger partial charge in [0.15, 0.2) is 5.92 Å². The van der Waals surface area contributed by atoms with Gasteiger partial charge in [-0.25, -0.2) is 4.39 Å². The summed E-state index contributed by atoms with van der Waals surface area (Å²) in [5.41, 5.74) is -6.51. The largest absolute Gasteiger partial charge is 0.356 e. The van der Waals surface area contributed by atoms with Crippen LogP contribution in [0.25, 0.3) is 0 Å². The molecule has 0 radical (unpaired) electrons. The fraction of sp³-hybridized carbons (Fsp3) is 1.00. The van der Waals surface area contributed by atoms with Crippen molar-refractivity contribution >= 4 is 0 Å². The first-order valence-corrected chi connectivity index (χ1v) is 5.93. The van der Waals surface area contributed by atoms with Crippen molar-refractivity contribution in [2.75, 3.05) is 13.2 Å². The molecule has 13 heteroatoms. The van der Waals surface area contributed by atoms with Gasteiger partial charge in [-0.1, -0.05) is 0 Å². The molecule has 0 aromatic carbocycles. The van der Waals surface area contributed by atoms with Crippen LogP contribution in [0.15, 0.2) is 0 Å². The number of ether oxygens (including phenoxy) is 2. The first kappa shape index (κ1) is 17.0. The third-order valence-electron chi connectivity index (χ3n) is 4.38. The lowest BCUT2D eigenvalue weighted by Gasteiger charge is -2.64. The molecule has 1 spiro atoms. The monoisotopic (exact) mass is 366 g/mol. The van der Waals surface area contributed by atoms with E-state index < -0.39 is 60.2 Å². The Balaban J connectivity index is 2.45. The minimum absolute atomic E-state index is 1.16. The van der Waals surface area contributed by atoms with Crippen molar-refractivity contribution in [2.24, 2.45) is 5.92 Å². The summed E-state index contributed by atoms with van der Waals surface area (Å²) in [5, 5.41) is 0. The predicted octanol–water partition coefficient (Wildman–Crippen LogP) is 3.26. The van der Waals surface area contributed by atoms with Crippen LogP contribution in [0.5, 0.6) is 0 Å². The Labute approximate surface area is 119 Å². The number of hydrogen-bond donors (Lipinski definition) is 0. The summed E-state index contributed by atoms with van der Waals surface area (Å²) in [5.74, 6) is -42.3. The van der Waals surface area contributed by atoms with Crippen LogP contribution in [0.4, 0.5) is 48.3 Å². The van der Waals surface area contributed by atoms with Crippen molar-refractivity contribution in [3.63, 3.8) is 0 Å². The maximum Gasteiger partial charge on any atom is 0.356 e. The van der Waals surface area contributed by atoms with Crippen LogP contribution < -0.4 is 0 Å². The second kappa shape index (κ2) is 3.70. The van der Waals surface area contributed by atoms with Crippen LogP contribution >= 0.6 is 0 Å². The lowest BCUT2D eigenvalue weighted by Crippen LogP contribution is -2.95. The molecule has 2 nitrogen and oxygen atoms in total. The lowest BCUT2D eigenvalue weighted by molar-refractivity contribution is -0.563. The minimum atomic E-state index is -6.61. The van der Waals surface area contributed by atoms with Crippen LogP contribution in [-0.2, 0) is 9.47 Å². The summed E-state index contributed by atoms with van der Waals surface area (Å²) in [6.45, 7) is -2.31. The molecule has 0 aromatic rings. The van der Waals surface area contributed by atoms with Gasteiger partial charge in [0.1, 0.15) is 0 Å². The molecular weight excluding hydrogens is 361 g/mol. The number of hydrogen-bond acceptors (Lipinski definition) is 2. The van der Waals surface area contributed by atoms with E-state index in [0.29, 0.717) is 0 Å². The number of fused-ring (bicyclic) bond motifs is 2. The van der Waals surface area contributed by atoms with E-state index in [4.69, 9.17) is 0 Å². The van der Waals surface area contributed by atoms with Crippen molar-refractivity contribution in [2.45, 2.75) is 41.1 Å². The van der Waals surface area contributed by atoms with Gasteiger partial charge >= 0.3 is 35.3 Å². The summed E-state index contributed by atoms with van der Waals surface area (Å²) in [6, 6.07) is 0. The standard InChI is InChI=1S/C10H5F11O2/c11-4(12)3-5(13,14)9(20,21)7(17,8(4,18)19)10(6(3,15)16)22-1-2-23-10/h3H,1-2H2. The number of alkyl halides is 11. The Kier molecular flexibility index (Phi) is 2.74. The average molecular weight is 366 g/mol. The molecule has 1 aliphatic heterocycles. The van der Waals surface area contributed by atoms with E-state index in [2.05, 4.69) is 9.47 Å². The maximum absolute atomic E-state index is 14.6. The normalized spacial score (nSPS) is 43.7. The molecule has 0 atom stereocenters. The SMILES string of the molecule is FC1(F)C2C(F)(F)C(F)(F)C(F)(C1(F)F)C1(OCCO1)C2(F)F. The van der Waals surface area contributed by atoms with Gasteiger partial charge in [-0.15, -0.1) is 0 Å². The second-order valence-electron chi connectivity index (χ2n) is 5.42. The third-order valence-corrected chi connectivity index (χ3v) is 4.38. The molecule has 2 bridgehead atoms. The van der Waals surface area contributed by atoms with E-state index >= 15 is 0 Å². The van der Waals surface area contributed by atoms with E-state index in [0.717, 1.165) is 0 Å². The Morgan fingerprint density at radius 3 is 1.26 bits per heavy atom. The summed E-state index contributed by atoms with van der Waals surface area (Å²) in [4.78, 5) is 0. The summed E-state index contributed by atoms with van der Waals surface area (Å²) >= 11 is 0. The van der Waals surface area contributed by atoms with Gasteiger partial charge in [0, 0.05) is 0 Å². The van der Waals surface area contributed by atoms with Crippen molar-refractivity contribution in [1.29, 1.82) is 0 Å². The first-order chi connectivity index (χ1) is 10.1. The van der Waals surface area contributed by atoms with Gasteiger partial charge in [0.25, 0.3) is 5.79 Å². The highest BCUT2D eigenvalue weighted by atomic mass is 19.3.